The Balaban J connectivity index is 1.37. The van der Waals surface area contributed by atoms with Gasteiger partial charge in [-0.2, -0.15) is 52.7 Å². The van der Waals surface area contributed by atoms with Crippen LogP contribution in [0.3, 0.4) is 0 Å². The normalized spacial score (nSPS) is 40.1. The molecular weight excluding hydrogens is 779 g/mol. The van der Waals surface area contributed by atoms with E-state index in [0.717, 1.165) is 40.0 Å². The molecule has 324 valence electrons. The molecule has 14 unspecified atom stereocenters. The second kappa shape index (κ2) is 13.5. The fourth-order valence-corrected chi connectivity index (χ4v) is 13.5. The number of rotatable bonds is 10. The van der Waals surface area contributed by atoms with Crippen LogP contribution in [0.5, 0.6) is 0 Å². The predicted molar refractivity (Wildman–Crippen MR) is 175 cm³/mol. The number of esters is 1. The van der Waals surface area contributed by atoms with Crippen LogP contribution in [0.4, 0.5) is 57.1 Å². The fraction of sp³-hybridized carbons (Fsp3) is 0.974. The largest absolute Gasteiger partial charge is 0.457 e. The zero-order valence-corrected chi connectivity index (χ0v) is 32.3. The molecule has 6 bridgehead atoms. The standard InChI is InChI=1S/C39H53F13O4/c1-7-33(40,30(53)55-32(6)15-19-8-9-24(32)10-19)29-21-12-23(17-35(38(47,48)49,39(50,51)52)56-31(3,4)5)26(14-21)28(29)27-18(2)25-13-20(27)11-22(25)16-34(54,36(41,42)43)37(44,45)46/h18-29,54H,7-17H2,1-6H3. The summed E-state index contributed by atoms with van der Waals surface area (Å²) in [6, 6.07) is 0. The molecule has 17 heteroatoms. The molecule has 0 aromatic heterocycles. The number of hydrogen-bond donors (Lipinski definition) is 1. The Morgan fingerprint density at radius 2 is 1.25 bits per heavy atom. The lowest BCUT2D eigenvalue weighted by atomic mass is 9.56. The Bertz CT molecular complexity index is 1450. The van der Waals surface area contributed by atoms with Crippen molar-refractivity contribution in [2.24, 2.45) is 71.0 Å². The minimum Gasteiger partial charge on any atom is -0.457 e. The molecule has 0 saturated heterocycles. The SMILES string of the molecule is CCC(F)(C(=O)OC1(C)CC2CCC1C2)C1C2CC(CC(OC(C)(C)C)(C(F)(F)F)C(F)(F)F)C(C2)C1C1C2CC(CC(O)(C(F)(F)F)C(F)(F)F)C(C2)C1C. The van der Waals surface area contributed by atoms with Crippen LogP contribution < -0.4 is 0 Å². The number of ether oxygens (including phenoxy) is 2. The Morgan fingerprint density at radius 3 is 1.70 bits per heavy atom. The first-order chi connectivity index (χ1) is 25.2. The molecule has 6 aliphatic carbocycles. The van der Waals surface area contributed by atoms with E-state index < -0.39 is 137 Å². The van der Waals surface area contributed by atoms with Crippen molar-refractivity contribution in [1.29, 1.82) is 0 Å². The third-order valence-electron chi connectivity index (χ3n) is 15.5. The Kier molecular flexibility index (Phi) is 10.6. The van der Waals surface area contributed by atoms with Crippen LogP contribution in [0.1, 0.15) is 112 Å². The van der Waals surface area contributed by atoms with E-state index in [1.165, 1.54) is 6.92 Å². The summed E-state index contributed by atoms with van der Waals surface area (Å²) in [6.07, 6.45) is -25.1. The first-order valence-electron chi connectivity index (χ1n) is 19.9. The number of halogens is 13. The van der Waals surface area contributed by atoms with Crippen LogP contribution in [0, 0.1) is 71.0 Å². The van der Waals surface area contributed by atoms with Gasteiger partial charge in [0.05, 0.1) is 5.60 Å². The van der Waals surface area contributed by atoms with Gasteiger partial charge >= 0.3 is 30.7 Å². The number of alkyl halides is 13. The number of carbonyl (C=O) groups is 1. The zero-order chi connectivity index (χ0) is 42.2. The average molecular weight is 833 g/mol. The molecule has 6 fully saturated rings. The summed E-state index contributed by atoms with van der Waals surface area (Å²) >= 11 is 0. The van der Waals surface area contributed by atoms with E-state index in [2.05, 4.69) is 0 Å². The van der Waals surface area contributed by atoms with Crippen molar-refractivity contribution >= 4 is 5.97 Å². The summed E-state index contributed by atoms with van der Waals surface area (Å²) in [4.78, 5) is 14.2. The molecule has 0 aliphatic heterocycles. The average Bonchev–Trinajstić information content (AvgIpc) is 3.86. The Morgan fingerprint density at radius 1 is 0.714 bits per heavy atom. The molecule has 0 amide bonds. The minimum absolute atomic E-state index is 0.00648. The summed E-state index contributed by atoms with van der Waals surface area (Å²) in [5, 5.41) is 10.0. The number of hydrogen-bond acceptors (Lipinski definition) is 4. The molecule has 56 heavy (non-hydrogen) atoms. The van der Waals surface area contributed by atoms with E-state index in [1.807, 2.05) is 0 Å². The molecule has 6 rings (SSSR count). The maximum absolute atomic E-state index is 17.9. The molecular formula is C39H53F13O4. The highest BCUT2D eigenvalue weighted by atomic mass is 19.4. The lowest BCUT2D eigenvalue weighted by molar-refractivity contribution is -0.404. The van der Waals surface area contributed by atoms with Crippen molar-refractivity contribution in [3.8, 4) is 0 Å². The monoisotopic (exact) mass is 832 g/mol. The van der Waals surface area contributed by atoms with E-state index in [0.29, 0.717) is 6.42 Å². The first-order valence-corrected chi connectivity index (χ1v) is 19.9. The fourth-order valence-electron chi connectivity index (χ4n) is 13.5. The van der Waals surface area contributed by atoms with Gasteiger partial charge in [-0.05, 0) is 163 Å². The smallest absolute Gasteiger partial charge is 0.426 e. The van der Waals surface area contributed by atoms with Gasteiger partial charge in [0.2, 0.25) is 5.67 Å². The van der Waals surface area contributed by atoms with Crippen LogP contribution in [0.25, 0.3) is 0 Å². The van der Waals surface area contributed by atoms with Crippen molar-refractivity contribution in [3.05, 3.63) is 0 Å². The van der Waals surface area contributed by atoms with Gasteiger partial charge in [0.25, 0.3) is 11.2 Å². The van der Waals surface area contributed by atoms with Crippen molar-refractivity contribution in [2.75, 3.05) is 0 Å². The van der Waals surface area contributed by atoms with Crippen molar-refractivity contribution in [1.82, 2.24) is 0 Å². The van der Waals surface area contributed by atoms with Gasteiger partial charge in [-0.25, -0.2) is 9.18 Å². The van der Waals surface area contributed by atoms with E-state index in [-0.39, 0.29) is 37.5 Å². The molecule has 0 aromatic rings. The van der Waals surface area contributed by atoms with Crippen molar-refractivity contribution in [3.63, 3.8) is 0 Å². The lowest BCUT2D eigenvalue weighted by Crippen LogP contribution is -2.63. The summed E-state index contributed by atoms with van der Waals surface area (Å²) in [6.45, 7) is 7.89. The zero-order valence-electron chi connectivity index (χ0n) is 32.3. The number of fused-ring (bicyclic) bond motifs is 6. The molecule has 0 heterocycles. The van der Waals surface area contributed by atoms with E-state index in [1.54, 1.807) is 13.8 Å². The maximum Gasteiger partial charge on any atom is 0.426 e. The highest BCUT2D eigenvalue weighted by molar-refractivity contribution is 5.80. The molecule has 1 N–H and O–H groups in total. The second-order valence-corrected chi connectivity index (χ2v) is 19.6. The second-order valence-electron chi connectivity index (χ2n) is 19.6. The van der Waals surface area contributed by atoms with Gasteiger partial charge in [0, 0.05) is 5.92 Å². The van der Waals surface area contributed by atoms with Crippen LogP contribution >= 0.6 is 0 Å². The summed E-state index contributed by atoms with van der Waals surface area (Å²) in [5.41, 5.74) is -15.2. The van der Waals surface area contributed by atoms with Gasteiger partial charge in [-0.3, -0.25) is 0 Å². The molecule has 0 radical (unpaired) electrons. The Labute approximate surface area is 318 Å². The lowest BCUT2D eigenvalue weighted by Gasteiger charge is -2.51. The van der Waals surface area contributed by atoms with Gasteiger partial charge in [-0.1, -0.05) is 13.8 Å². The van der Waals surface area contributed by atoms with Gasteiger partial charge < -0.3 is 14.6 Å². The van der Waals surface area contributed by atoms with Crippen LogP contribution in [0.2, 0.25) is 0 Å². The van der Waals surface area contributed by atoms with Gasteiger partial charge in [0.15, 0.2) is 0 Å². The third kappa shape index (κ3) is 6.85. The number of carbonyl (C=O) groups excluding carboxylic acids is 1. The highest BCUT2D eigenvalue weighted by Crippen LogP contribution is 2.71. The van der Waals surface area contributed by atoms with Crippen molar-refractivity contribution in [2.45, 2.75) is 165 Å². The van der Waals surface area contributed by atoms with Crippen LogP contribution in [0.15, 0.2) is 0 Å². The third-order valence-corrected chi connectivity index (χ3v) is 15.5. The molecule has 0 spiro atoms. The quantitative estimate of drug-likeness (QED) is 0.176. The van der Waals surface area contributed by atoms with E-state index in [9.17, 15) is 62.6 Å². The van der Waals surface area contributed by atoms with Crippen LogP contribution in [-0.2, 0) is 14.3 Å². The minimum atomic E-state index is -6.05. The Hall–Kier alpha value is -1.52. The summed E-state index contributed by atoms with van der Waals surface area (Å²) in [5.74, 6) is -10.6. The molecule has 14 atom stereocenters. The summed E-state index contributed by atoms with van der Waals surface area (Å²) < 4.78 is 200. The van der Waals surface area contributed by atoms with Gasteiger partial charge in [0.1, 0.15) is 5.60 Å². The molecule has 4 nitrogen and oxygen atoms in total. The molecule has 6 aliphatic rings. The first kappa shape index (κ1) is 44.0. The van der Waals surface area contributed by atoms with Crippen molar-refractivity contribution < 1.29 is 76.5 Å². The summed E-state index contributed by atoms with van der Waals surface area (Å²) in [7, 11) is 0. The maximum atomic E-state index is 17.9. The van der Waals surface area contributed by atoms with Crippen LogP contribution in [-0.4, -0.2) is 63.9 Å². The number of aliphatic hydroxyl groups is 1. The van der Waals surface area contributed by atoms with Gasteiger partial charge in [-0.15, -0.1) is 0 Å². The molecule has 6 saturated carbocycles. The topological polar surface area (TPSA) is 55.8 Å². The van der Waals surface area contributed by atoms with E-state index in [4.69, 9.17) is 9.47 Å². The van der Waals surface area contributed by atoms with E-state index >= 15 is 4.39 Å². The molecule has 0 aromatic carbocycles. The predicted octanol–water partition coefficient (Wildman–Crippen LogP) is 11.3. The highest BCUT2D eigenvalue weighted by Gasteiger charge is 2.77.